The molecule has 0 aliphatic carbocycles. The zero-order chi connectivity index (χ0) is 22.3. The molecule has 1 N–H and O–H groups in total. The summed E-state index contributed by atoms with van der Waals surface area (Å²) in [5, 5.41) is 15.0. The van der Waals surface area contributed by atoms with Gasteiger partial charge in [-0.05, 0) is 58.8 Å². The predicted octanol–water partition coefficient (Wildman–Crippen LogP) is 5.79. The van der Waals surface area contributed by atoms with Crippen LogP contribution in [0.25, 0.3) is 23.1 Å². The topological polar surface area (TPSA) is 76.6 Å². The van der Waals surface area contributed by atoms with Crippen molar-refractivity contribution in [2.24, 2.45) is 0 Å². The molecule has 0 radical (unpaired) electrons. The second kappa shape index (κ2) is 10.1. The number of hydrogen-bond donors (Lipinski definition) is 1. The molecule has 0 amide bonds. The quantitative estimate of drug-likeness (QED) is 0.301. The first-order valence-electron chi connectivity index (χ1n) is 10.5. The van der Waals surface area contributed by atoms with E-state index in [-0.39, 0.29) is 0 Å². The maximum Gasteiger partial charge on any atom is 0.197 e. The molecular formula is C26H21N5OS. The van der Waals surface area contributed by atoms with E-state index >= 15 is 0 Å². The highest BCUT2D eigenvalue weighted by Crippen LogP contribution is 2.25. The van der Waals surface area contributed by atoms with Crippen molar-refractivity contribution in [3.63, 3.8) is 0 Å². The minimum absolute atomic E-state index is 0.448. The summed E-state index contributed by atoms with van der Waals surface area (Å²) in [5.41, 5.74) is 4.24. The Bertz CT molecular complexity index is 1370. The number of fused-ring (bicyclic) bond motifs is 1. The Hall–Kier alpha value is -3.97. The largest absolute Gasteiger partial charge is 0.487 e. The lowest BCUT2D eigenvalue weighted by molar-refractivity contribution is 0.302. The number of nitrogens with zero attached hydrogens (tertiary/aromatic N) is 4. The van der Waals surface area contributed by atoms with Gasteiger partial charge in [-0.1, -0.05) is 54.6 Å². The van der Waals surface area contributed by atoms with Crippen LogP contribution in [-0.4, -0.2) is 25.6 Å². The molecule has 3 aromatic carbocycles. The van der Waals surface area contributed by atoms with E-state index in [2.05, 4.69) is 74.1 Å². The summed E-state index contributed by atoms with van der Waals surface area (Å²) in [4.78, 5) is 5.86. The van der Waals surface area contributed by atoms with E-state index in [4.69, 9.17) is 4.74 Å². The van der Waals surface area contributed by atoms with Gasteiger partial charge in [-0.3, -0.25) is 0 Å². The summed E-state index contributed by atoms with van der Waals surface area (Å²) in [5.74, 6) is 2.28. The fourth-order valence-corrected chi connectivity index (χ4v) is 4.23. The van der Waals surface area contributed by atoms with E-state index in [1.165, 1.54) is 10.5 Å². The molecule has 0 atom stereocenters. The van der Waals surface area contributed by atoms with E-state index in [0.717, 1.165) is 33.7 Å². The first kappa shape index (κ1) is 20.9. The van der Waals surface area contributed by atoms with E-state index < -0.39 is 0 Å². The summed E-state index contributed by atoms with van der Waals surface area (Å²) in [6.07, 6.45) is 3.81. The fourth-order valence-electron chi connectivity index (χ4n) is 3.31. The Labute approximate surface area is 195 Å². The highest BCUT2D eigenvalue weighted by Gasteiger charge is 2.02. The molecule has 0 saturated heterocycles. The number of H-pyrrole nitrogens is 1. The van der Waals surface area contributed by atoms with Crippen LogP contribution < -0.4 is 4.74 Å². The summed E-state index contributed by atoms with van der Waals surface area (Å²) >= 11 is 1.79. The standard InChI is InChI=1S/C26H21N5OS/c1-2-7-25-21(5-1)11-12-22(27-25)17-32-23-13-8-20(9-14-23)18-33-24-6-3-4-19(16-24)10-15-26-28-30-31-29-26/h1-16H,17-18H2,(H,28,29,30,31)/b15-10+. The average molecular weight is 452 g/mol. The van der Waals surface area contributed by atoms with Gasteiger partial charge < -0.3 is 4.74 Å². The smallest absolute Gasteiger partial charge is 0.197 e. The molecule has 33 heavy (non-hydrogen) atoms. The number of pyridine rings is 1. The molecule has 0 bridgehead atoms. The second-order valence-electron chi connectivity index (χ2n) is 7.39. The Kier molecular flexibility index (Phi) is 6.40. The average Bonchev–Trinajstić information content (AvgIpc) is 3.40. The summed E-state index contributed by atoms with van der Waals surface area (Å²) < 4.78 is 5.94. The Morgan fingerprint density at radius 2 is 1.79 bits per heavy atom. The molecule has 0 fully saturated rings. The van der Waals surface area contributed by atoms with E-state index in [1.807, 2.05) is 48.6 Å². The number of ether oxygens (including phenoxy) is 1. The first-order valence-corrected chi connectivity index (χ1v) is 11.5. The number of thioether (sulfide) groups is 1. The Morgan fingerprint density at radius 1 is 0.879 bits per heavy atom. The monoisotopic (exact) mass is 451 g/mol. The van der Waals surface area contributed by atoms with E-state index in [9.17, 15) is 0 Å². The van der Waals surface area contributed by atoms with Gasteiger partial charge in [-0.25, -0.2) is 4.98 Å². The third-order valence-corrected chi connectivity index (χ3v) is 6.08. The van der Waals surface area contributed by atoms with Crippen molar-refractivity contribution in [3.8, 4) is 5.75 Å². The fraction of sp³-hybridized carbons (Fsp3) is 0.0769. The number of rotatable bonds is 8. The van der Waals surface area contributed by atoms with Crippen molar-refractivity contribution in [2.45, 2.75) is 17.3 Å². The highest BCUT2D eigenvalue weighted by atomic mass is 32.2. The number of aromatic nitrogens is 5. The number of aromatic amines is 1. The number of hydrogen-bond acceptors (Lipinski definition) is 6. The Morgan fingerprint density at radius 3 is 2.67 bits per heavy atom. The lowest BCUT2D eigenvalue weighted by atomic mass is 10.2. The van der Waals surface area contributed by atoms with Crippen LogP contribution in [0.15, 0.2) is 89.8 Å². The molecule has 5 aromatic rings. The van der Waals surface area contributed by atoms with Crippen LogP contribution in [0, 0.1) is 0 Å². The van der Waals surface area contributed by atoms with Gasteiger partial charge >= 0.3 is 0 Å². The zero-order valence-corrected chi connectivity index (χ0v) is 18.6. The van der Waals surface area contributed by atoms with Crippen molar-refractivity contribution < 1.29 is 4.74 Å². The van der Waals surface area contributed by atoms with Crippen molar-refractivity contribution in [1.29, 1.82) is 0 Å². The molecule has 6 nitrogen and oxygen atoms in total. The van der Waals surface area contributed by atoms with Crippen LogP contribution in [0.2, 0.25) is 0 Å². The van der Waals surface area contributed by atoms with E-state index in [0.29, 0.717) is 12.4 Å². The normalized spacial score (nSPS) is 11.3. The van der Waals surface area contributed by atoms with E-state index in [1.54, 1.807) is 11.8 Å². The Balaban J connectivity index is 1.15. The van der Waals surface area contributed by atoms with Gasteiger partial charge in [-0.15, -0.1) is 22.0 Å². The molecule has 0 aliphatic rings. The SMILES string of the molecule is C(=C\c1nn[nH]n1)/c1cccc(SCc2ccc(OCc3ccc4ccccc4n3)cc2)c1. The third-order valence-electron chi connectivity index (χ3n) is 5.02. The van der Waals surface area contributed by atoms with Gasteiger partial charge in [0.05, 0.1) is 11.2 Å². The minimum Gasteiger partial charge on any atom is -0.487 e. The van der Waals surface area contributed by atoms with Gasteiger partial charge in [0.15, 0.2) is 5.82 Å². The van der Waals surface area contributed by atoms with Crippen molar-refractivity contribution >= 4 is 34.8 Å². The summed E-state index contributed by atoms with van der Waals surface area (Å²) in [6.45, 7) is 0.448. The molecule has 5 rings (SSSR count). The second-order valence-corrected chi connectivity index (χ2v) is 8.44. The molecule has 7 heteroatoms. The van der Waals surface area contributed by atoms with Gasteiger partial charge in [0.25, 0.3) is 0 Å². The van der Waals surface area contributed by atoms with Gasteiger partial charge in [0.2, 0.25) is 0 Å². The van der Waals surface area contributed by atoms with Gasteiger partial charge in [-0.2, -0.15) is 5.21 Å². The van der Waals surface area contributed by atoms with Crippen LogP contribution in [0.3, 0.4) is 0 Å². The molecular weight excluding hydrogens is 430 g/mol. The minimum atomic E-state index is 0.448. The zero-order valence-electron chi connectivity index (χ0n) is 17.8. The van der Waals surface area contributed by atoms with Gasteiger partial charge in [0, 0.05) is 16.0 Å². The maximum atomic E-state index is 5.94. The molecule has 2 aromatic heterocycles. The molecule has 0 aliphatic heterocycles. The number of nitrogens with one attached hydrogen (secondary N) is 1. The number of para-hydroxylation sites is 1. The number of benzene rings is 3. The maximum absolute atomic E-state index is 5.94. The van der Waals surface area contributed by atoms with Crippen LogP contribution in [-0.2, 0) is 12.4 Å². The molecule has 0 spiro atoms. The van der Waals surface area contributed by atoms with Crippen LogP contribution in [0.1, 0.15) is 22.6 Å². The lowest BCUT2D eigenvalue weighted by Crippen LogP contribution is -1.98. The molecule has 162 valence electrons. The van der Waals surface area contributed by atoms with Crippen molar-refractivity contribution in [1.82, 2.24) is 25.6 Å². The molecule has 0 unspecified atom stereocenters. The molecule has 0 saturated carbocycles. The van der Waals surface area contributed by atoms with Crippen LogP contribution >= 0.6 is 11.8 Å². The summed E-state index contributed by atoms with van der Waals surface area (Å²) in [6, 6.07) is 28.8. The van der Waals surface area contributed by atoms with Crippen LogP contribution in [0.5, 0.6) is 5.75 Å². The lowest BCUT2D eigenvalue weighted by Gasteiger charge is -2.08. The summed E-state index contributed by atoms with van der Waals surface area (Å²) in [7, 11) is 0. The highest BCUT2D eigenvalue weighted by molar-refractivity contribution is 7.98. The molecule has 2 heterocycles. The first-order chi connectivity index (χ1) is 16.3. The van der Waals surface area contributed by atoms with Crippen molar-refractivity contribution in [3.05, 3.63) is 108 Å². The van der Waals surface area contributed by atoms with Crippen molar-refractivity contribution in [2.75, 3.05) is 0 Å². The third kappa shape index (κ3) is 5.64. The van der Waals surface area contributed by atoms with Crippen LogP contribution in [0.4, 0.5) is 0 Å². The predicted molar refractivity (Wildman–Crippen MR) is 132 cm³/mol. The van der Waals surface area contributed by atoms with Gasteiger partial charge in [0.1, 0.15) is 12.4 Å². The number of tetrazole rings is 1.